The highest BCUT2D eigenvalue weighted by Crippen LogP contribution is 2.31. The van der Waals surface area contributed by atoms with Crippen molar-refractivity contribution < 1.29 is 0 Å². The van der Waals surface area contributed by atoms with Crippen molar-refractivity contribution in [1.82, 2.24) is 19.9 Å². The Morgan fingerprint density at radius 2 is 1.73 bits per heavy atom. The first-order valence-corrected chi connectivity index (χ1v) is 9.47. The third kappa shape index (κ3) is 3.81. The number of rotatable bonds is 3. The molecule has 3 heterocycles. The predicted octanol–water partition coefficient (Wildman–Crippen LogP) is 5.00. The van der Waals surface area contributed by atoms with Crippen LogP contribution < -0.4 is 5.73 Å². The topological polar surface area (TPSA) is 77.6 Å². The standard InChI is InChI=1S/C17H12ClN5S.C2H6/c18-13-5-2-1-4-10(13)8-11-9-12-14(19)22-16(23-17(12)24-11)15-20-6-3-7-21-15;1-2/h1-7,9H,8H2,(H2,19,22,23);1-2H3. The van der Waals surface area contributed by atoms with Crippen LogP contribution in [0.5, 0.6) is 0 Å². The lowest BCUT2D eigenvalue weighted by atomic mass is 10.1. The molecule has 7 heteroatoms. The van der Waals surface area contributed by atoms with Gasteiger partial charge in [-0.05, 0) is 23.8 Å². The molecule has 2 N–H and O–H groups in total. The first-order chi connectivity index (χ1) is 12.7. The average molecular weight is 384 g/mol. The van der Waals surface area contributed by atoms with Gasteiger partial charge in [-0.3, -0.25) is 0 Å². The maximum absolute atomic E-state index is 6.24. The number of aromatic nitrogens is 4. The lowest BCUT2D eigenvalue weighted by Gasteiger charge is -2.00. The molecule has 0 unspecified atom stereocenters. The van der Waals surface area contributed by atoms with Crippen molar-refractivity contribution in [3.63, 3.8) is 0 Å². The van der Waals surface area contributed by atoms with Gasteiger partial charge < -0.3 is 5.73 Å². The molecule has 0 saturated carbocycles. The van der Waals surface area contributed by atoms with Gasteiger partial charge in [-0.15, -0.1) is 11.3 Å². The molecule has 0 aliphatic carbocycles. The second kappa shape index (κ2) is 8.21. The smallest absolute Gasteiger partial charge is 0.201 e. The second-order valence-corrected chi connectivity index (χ2v) is 6.73. The molecule has 0 spiro atoms. The quantitative estimate of drug-likeness (QED) is 0.538. The van der Waals surface area contributed by atoms with Gasteiger partial charge in [0.25, 0.3) is 0 Å². The zero-order chi connectivity index (χ0) is 18.5. The molecule has 0 atom stereocenters. The Labute approximate surface area is 160 Å². The first kappa shape index (κ1) is 18.2. The third-order valence-electron chi connectivity index (χ3n) is 3.56. The summed E-state index contributed by atoms with van der Waals surface area (Å²) < 4.78 is 0. The van der Waals surface area contributed by atoms with Gasteiger partial charge >= 0.3 is 0 Å². The minimum atomic E-state index is 0.434. The van der Waals surface area contributed by atoms with Gasteiger partial charge in [0, 0.05) is 28.7 Å². The fourth-order valence-corrected chi connectivity index (χ4v) is 3.69. The summed E-state index contributed by atoms with van der Waals surface area (Å²) in [6.07, 6.45) is 4.05. The van der Waals surface area contributed by atoms with Gasteiger partial charge in [-0.25, -0.2) is 19.9 Å². The van der Waals surface area contributed by atoms with Gasteiger partial charge in [0.05, 0.1) is 5.39 Å². The molecule has 0 radical (unpaired) electrons. The first-order valence-electron chi connectivity index (χ1n) is 8.27. The van der Waals surface area contributed by atoms with Crippen LogP contribution in [0.4, 0.5) is 5.82 Å². The molecule has 5 nitrogen and oxygen atoms in total. The molecule has 3 aromatic heterocycles. The zero-order valence-electron chi connectivity index (χ0n) is 14.5. The van der Waals surface area contributed by atoms with Crippen LogP contribution in [0.1, 0.15) is 24.3 Å². The molecular weight excluding hydrogens is 366 g/mol. The third-order valence-corrected chi connectivity index (χ3v) is 4.96. The molecule has 0 fully saturated rings. The minimum Gasteiger partial charge on any atom is -0.383 e. The number of benzene rings is 1. The Morgan fingerprint density at radius 1 is 1.00 bits per heavy atom. The molecule has 0 aliphatic heterocycles. The maximum Gasteiger partial charge on any atom is 0.201 e. The van der Waals surface area contributed by atoms with E-state index >= 15 is 0 Å². The van der Waals surface area contributed by atoms with Crippen LogP contribution in [0.2, 0.25) is 5.02 Å². The highest BCUT2D eigenvalue weighted by Gasteiger charge is 2.13. The van der Waals surface area contributed by atoms with Crippen molar-refractivity contribution in [1.29, 1.82) is 0 Å². The molecule has 1 aromatic carbocycles. The van der Waals surface area contributed by atoms with Crippen LogP contribution in [-0.4, -0.2) is 19.9 Å². The van der Waals surface area contributed by atoms with E-state index in [1.165, 1.54) is 0 Å². The molecule has 26 heavy (non-hydrogen) atoms. The summed E-state index contributed by atoms with van der Waals surface area (Å²) in [7, 11) is 0. The lowest BCUT2D eigenvalue weighted by Crippen LogP contribution is -1.98. The summed E-state index contributed by atoms with van der Waals surface area (Å²) in [6, 6.07) is 11.6. The van der Waals surface area contributed by atoms with Crippen molar-refractivity contribution in [3.8, 4) is 11.6 Å². The average Bonchev–Trinajstić information content (AvgIpc) is 3.09. The van der Waals surface area contributed by atoms with Crippen LogP contribution in [0.15, 0.2) is 48.8 Å². The van der Waals surface area contributed by atoms with E-state index in [0.717, 1.165) is 32.1 Å². The molecule has 132 valence electrons. The number of thiophene rings is 1. The molecule has 4 aromatic rings. The molecule has 0 saturated heterocycles. The largest absolute Gasteiger partial charge is 0.383 e. The van der Waals surface area contributed by atoms with Crippen molar-refractivity contribution in [2.75, 3.05) is 5.73 Å². The highest BCUT2D eigenvalue weighted by molar-refractivity contribution is 7.18. The van der Waals surface area contributed by atoms with E-state index in [0.29, 0.717) is 17.5 Å². The van der Waals surface area contributed by atoms with E-state index in [1.54, 1.807) is 29.8 Å². The SMILES string of the molecule is CC.Nc1nc(-c2ncccn2)nc2sc(Cc3ccccc3Cl)cc12. The number of nitrogen functional groups attached to an aromatic ring is 1. The van der Waals surface area contributed by atoms with E-state index in [-0.39, 0.29) is 0 Å². The number of anilines is 1. The van der Waals surface area contributed by atoms with Crippen molar-refractivity contribution >= 4 is 39.0 Å². The molecular formula is C19H18ClN5S. The van der Waals surface area contributed by atoms with Gasteiger partial charge in [0.1, 0.15) is 10.6 Å². The summed E-state index contributed by atoms with van der Waals surface area (Å²) in [5, 5.41) is 1.61. The number of halogens is 1. The van der Waals surface area contributed by atoms with E-state index in [9.17, 15) is 0 Å². The molecule has 4 rings (SSSR count). The summed E-state index contributed by atoms with van der Waals surface area (Å²) in [6.45, 7) is 4.00. The summed E-state index contributed by atoms with van der Waals surface area (Å²) in [4.78, 5) is 19.2. The summed E-state index contributed by atoms with van der Waals surface area (Å²) in [5.41, 5.74) is 7.18. The monoisotopic (exact) mass is 383 g/mol. The summed E-state index contributed by atoms with van der Waals surface area (Å²) >= 11 is 7.82. The van der Waals surface area contributed by atoms with Crippen molar-refractivity contribution in [3.05, 3.63) is 64.3 Å². The Hall–Kier alpha value is -2.57. The summed E-state index contributed by atoms with van der Waals surface area (Å²) in [5.74, 6) is 1.34. The number of nitrogens with two attached hydrogens (primary N) is 1. The van der Waals surface area contributed by atoms with Crippen molar-refractivity contribution in [2.45, 2.75) is 20.3 Å². The number of hydrogen-bond acceptors (Lipinski definition) is 6. The number of nitrogens with zero attached hydrogens (tertiary/aromatic N) is 4. The number of fused-ring (bicyclic) bond motifs is 1. The predicted molar refractivity (Wildman–Crippen MR) is 108 cm³/mol. The van der Waals surface area contributed by atoms with Gasteiger partial charge in [0.2, 0.25) is 5.82 Å². The van der Waals surface area contributed by atoms with E-state index < -0.39 is 0 Å². The van der Waals surface area contributed by atoms with Gasteiger partial charge in [-0.1, -0.05) is 43.6 Å². The van der Waals surface area contributed by atoms with Gasteiger partial charge in [0.15, 0.2) is 5.82 Å². The molecule has 0 bridgehead atoms. The fraction of sp³-hybridized carbons (Fsp3) is 0.158. The Morgan fingerprint density at radius 3 is 2.46 bits per heavy atom. The van der Waals surface area contributed by atoms with Crippen LogP contribution in [0, 0.1) is 0 Å². The zero-order valence-corrected chi connectivity index (χ0v) is 16.1. The highest BCUT2D eigenvalue weighted by atomic mass is 35.5. The normalized spacial score (nSPS) is 10.4. The lowest BCUT2D eigenvalue weighted by molar-refractivity contribution is 1.10. The minimum absolute atomic E-state index is 0.434. The van der Waals surface area contributed by atoms with Crippen LogP contribution in [0.25, 0.3) is 21.9 Å². The van der Waals surface area contributed by atoms with Crippen LogP contribution >= 0.6 is 22.9 Å². The Bertz CT molecular complexity index is 1020. The van der Waals surface area contributed by atoms with Crippen LogP contribution in [-0.2, 0) is 6.42 Å². The maximum atomic E-state index is 6.24. The van der Waals surface area contributed by atoms with E-state index in [1.807, 2.05) is 44.2 Å². The number of hydrogen-bond donors (Lipinski definition) is 1. The van der Waals surface area contributed by atoms with Crippen molar-refractivity contribution in [2.24, 2.45) is 0 Å². The molecule has 0 aliphatic rings. The fourth-order valence-electron chi connectivity index (χ4n) is 2.42. The van der Waals surface area contributed by atoms with E-state index in [4.69, 9.17) is 17.3 Å². The van der Waals surface area contributed by atoms with Gasteiger partial charge in [-0.2, -0.15) is 0 Å². The second-order valence-electron chi connectivity index (χ2n) is 5.20. The molecule has 0 amide bonds. The Kier molecular flexibility index (Phi) is 5.75. The van der Waals surface area contributed by atoms with Crippen LogP contribution in [0.3, 0.4) is 0 Å². The van der Waals surface area contributed by atoms with E-state index in [2.05, 4.69) is 19.9 Å². The Balaban J connectivity index is 0.000000948.